The van der Waals surface area contributed by atoms with Gasteiger partial charge in [0.15, 0.2) is 11.6 Å². The van der Waals surface area contributed by atoms with E-state index in [2.05, 4.69) is 36.4 Å². The van der Waals surface area contributed by atoms with Crippen LogP contribution in [-0.4, -0.2) is 21.3 Å². The predicted octanol–water partition coefficient (Wildman–Crippen LogP) is 4.71. The average Bonchev–Trinajstić information content (AvgIpc) is 2.58. The Bertz CT molecular complexity index is 887. The van der Waals surface area contributed by atoms with E-state index >= 15 is 0 Å². The van der Waals surface area contributed by atoms with Crippen LogP contribution in [0, 0.1) is 0 Å². The molecule has 0 spiro atoms. The number of nitrogens with one attached hydrogen (secondary N) is 1. The number of anilines is 1. The van der Waals surface area contributed by atoms with E-state index in [-0.39, 0.29) is 5.75 Å². The molecule has 1 aromatic heterocycles. The molecule has 0 fully saturated rings. The van der Waals surface area contributed by atoms with Crippen LogP contribution in [0.5, 0.6) is 5.75 Å². The lowest BCUT2D eigenvalue weighted by atomic mass is 10.2. The molecule has 0 atom stereocenters. The standard InChI is InChI=1S/C17H12BrClN4O/c18-13-6-7-14(24)12(8-13)10-20-23-16-9-15(19)21-17(22-16)11-4-2-1-3-5-11/h1-10,24H,(H,21,22,23)/b20-10+. The maximum absolute atomic E-state index is 9.78. The van der Waals surface area contributed by atoms with E-state index in [1.54, 1.807) is 24.3 Å². The van der Waals surface area contributed by atoms with Gasteiger partial charge in [0.2, 0.25) is 0 Å². The van der Waals surface area contributed by atoms with E-state index < -0.39 is 0 Å². The maximum atomic E-state index is 9.78. The Kier molecular flexibility index (Phi) is 5.08. The fraction of sp³-hybridized carbons (Fsp3) is 0. The SMILES string of the molecule is Oc1ccc(Br)cc1/C=N/Nc1cc(Cl)nc(-c2ccccc2)n1. The Labute approximate surface area is 152 Å². The third kappa shape index (κ3) is 4.10. The highest BCUT2D eigenvalue weighted by Crippen LogP contribution is 2.21. The molecule has 5 nitrogen and oxygen atoms in total. The molecule has 0 unspecified atom stereocenters. The van der Waals surface area contributed by atoms with E-state index in [0.29, 0.717) is 22.4 Å². The van der Waals surface area contributed by atoms with E-state index in [0.717, 1.165) is 10.0 Å². The summed E-state index contributed by atoms with van der Waals surface area (Å²) < 4.78 is 0.846. The van der Waals surface area contributed by atoms with Crippen LogP contribution in [0.2, 0.25) is 5.15 Å². The highest BCUT2D eigenvalue weighted by Gasteiger charge is 2.05. The van der Waals surface area contributed by atoms with Crippen molar-refractivity contribution in [1.29, 1.82) is 0 Å². The number of halogens is 2. The van der Waals surface area contributed by atoms with Crippen molar-refractivity contribution in [3.05, 3.63) is 69.8 Å². The lowest BCUT2D eigenvalue weighted by molar-refractivity contribution is 0.474. The van der Waals surface area contributed by atoms with Crippen LogP contribution in [0.3, 0.4) is 0 Å². The quantitative estimate of drug-likeness (QED) is 0.376. The van der Waals surface area contributed by atoms with Crippen LogP contribution in [0.4, 0.5) is 5.82 Å². The molecule has 0 radical (unpaired) electrons. The monoisotopic (exact) mass is 402 g/mol. The summed E-state index contributed by atoms with van der Waals surface area (Å²) in [5.74, 6) is 1.10. The van der Waals surface area contributed by atoms with Crippen LogP contribution in [0.1, 0.15) is 5.56 Å². The summed E-state index contributed by atoms with van der Waals surface area (Å²) in [5, 5.41) is 14.2. The summed E-state index contributed by atoms with van der Waals surface area (Å²) in [5.41, 5.74) is 4.23. The van der Waals surface area contributed by atoms with Crippen LogP contribution >= 0.6 is 27.5 Å². The molecule has 2 aromatic carbocycles. The highest BCUT2D eigenvalue weighted by atomic mass is 79.9. The first kappa shape index (κ1) is 16.4. The lowest BCUT2D eigenvalue weighted by Gasteiger charge is -2.05. The van der Waals surface area contributed by atoms with Crippen molar-refractivity contribution in [2.45, 2.75) is 0 Å². The van der Waals surface area contributed by atoms with Gasteiger partial charge in [-0.1, -0.05) is 57.9 Å². The van der Waals surface area contributed by atoms with Crippen molar-refractivity contribution < 1.29 is 5.11 Å². The van der Waals surface area contributed by atoms with E-state index in [1.807, 2.05) is 30.3 Å². The van der Waals surface area contributed by atoms with Gasteiger partial charge in [0.1, 0.15) is 10.9 Å². The Morgan fingerprint density at radius 1 is 1.08 bits per heavy atom. The first-order valence-electron chi connectivity index (χ1n) is 6.99. The summed E-state index contributed by atoms with van der Waals surface area (Å²) in [6.45, 7) is 0. The Morgan fingerprint density at radius 2 is 1.88 bits per heavy atom. The predicted molar refractivity (Wildman–Crippen MR) is 99.5 cm³/mol. The second-order valence-corrected chi connectivity index (χ2v) is 6.14. The van der Waals surface area contributed by atoms with Crippen LogP contribution < -0.4 is 5.43 Å². The van der Waals surface area contributed by atoms with Gasteiger partial charge in [-0.3, -0.25) is 5.43 Å². The number of hydrogen-bond acceptors (Lipinski definition) is 5. The molecule has 0 aliphatic rings. The van der Waals surface area contributed by atoms with Gasteiger partial charge in [0.25, 0.3) is 0 Å². The number of phenols is 1. The molecule has 24 heavy (non-hydrogen) atoms. The van der Waals surface area contributed by atoms with Gasteiger partial charge in [-0.2, -0.15) is 5.10 Å². The molecular formula is C17H12BrClN4O. The largest absolute Gasteiger partial charge is 0.507 e. The van der Waals surface area contributed by atoms with Crippen molar-refractivity contribution >= 4 is 39.6 Å². The average molecular weight is 404 g/mol. The zero-order chi connectivity index (χ0) is 16.9. The van der Waals surface area contributed by atoms with Gasteiger partial charge < -0.3 is 5.11 Å². The van der Waals surface area contributed by atoms with Crippen molar-refractivity contribution in [3.8, 4) is 17.1 Å². The normalized spacial score (nSPS) is 10.9. The number of hydrogen-bond donors (Lipinski definition) is 2. The molecule has 0 aliphatic heterocycles. The minimum atomic E-state index is 0.134. The third-order valence-electron chi connectivity index (χ3n) is 3.10. The third-order valence-corrected chi connectivity index (χ3v) is 3.79. The van der Waals surface area contributed by atoms with Crippen LogP contribution in [0.25, 0.3) is 11.4 Å². The van der Waals surface area contributed by atoms with Gasteiger partial charge in [-0.15, -0.1) is 0 Å². The van der Waals surface area contributed by atoms with Gasteiger partial charge in [-0.05, 0) is 18.2 Å². The molecule has 0 amide bonds. The smallest absolute Gasteiger partial charge is 0.163 e. The number of phenolic OH excluding ortho intramolecular Hbond substituents is 1. The fourth-order valence-corrected chi connectivity index (χ4v) is 2.55. The number of hydrazone groups is 1. The number of benzene rings is 2. The van der Waals surface area contributed by atoms with Gasteiger partial charge >= 0.3 is 0 Å². The molecule has 0 bridgehead atoms. The molecule has 7 heteroatoms. The van der Waals surface area contributed by atoms with E-state index in [4.69, 9.17) is 11.6 Å². The molecule has 2 N–H and O–H groups in total. The topological polar surface area (TPSA) is 70.4 Å². The molecule has 0 aliphatic carbocycles. The molecule has 0 saturated carbocycles. The van der Waals surface area contributed by atoms with Gasteiger partial charge in [0, 0.05) is 21.7 Å². The minimum absolute atomic E-state index is 0.134. The Morgan fingerprint density at radius 3 is 2.67 bits per heavy atom. The Balaban J connectivity index is 1.82. The number of nitrogens with zero attached hydrogens (tertiary/aromatic N) is 3. The molecule has 1 heterocycles. The summed E-state index contributed by atoms with van der Waals surface area (Å²) in [4.78, 5) is 8.60. The van der Waals surface area contributed by atoms with Crippen molar-refractivity contribution in [1.82, 2.24) is 9.97 Å². The molecule has 3 rings (SSSR count). The molecule has 0 saturated heterocycles. The molecular weight excluding hydrogens is 392 g/mol. The summed E-state index contributed by atoms with van der Waals surface area (Å²) in [7, 11) is 0. The summed E-state index contributed by atoms with van der Waals surface area (Å²) in [6.07, 6.45) is 1.50. The molecule has 120 valence electrons. The fourth-order valence-electron chi connectivity index (χ4n) is 1.99. The second kappa shape index (κ2) is 7.42. The summed E-state index contributed by atoms with van der Waals surface area (Å²) in [6, 6.07) is 16.2. The van der Waals surface area contributed by atoms with E-state index in [9.17, 15) is 5.11 Å². The highest BCUT2D eigenvalue weighted by molar-refractivity contribution is 9.10. The van der Waals surface area contributed by atoms with Gasteiger partial charge in [0.05, 0.1) is 6.21 Å². The van der Waals surface area contributed by atoms with Crippen LogP contribution in [-0.2, 0) is 0 Å². The van der Waals surface area contributed by atoms with Crippen LogP contribution in [0.15, 0.2) is 64.2 Å². The number of aromatic hydroxyl groups is 1. The van der Waals surface area contributed by atoms with Gasteiger partial charge in [-0.25, -0.2) is 9.97 Å². The lowest BCUT2D eigenvalue weighted by Crippen LogP contribution is -1.97. The van der Waals surface area contributed by atoms with Crippen molar-refractivity contribution in [2.75, 3.05) is 5.43 Å². The molecule has 3 aromatic rings. The second-order valence-electron chi connectivity index (χ2n) is 4.84. The van der Waals surface area contributed by atoms with Crippen molar-refractivity contribution in [2.24, 2.45) is 5.10 Å². The summed E-state index contributed by atoms with van der Waals surface area (Å²) >= 11 is 9.40. The zero-order valence-corrected chi connectivity index (χ0v) is 14.7. The first-order valence-corrected chi connectivity index (χ1v) is 8.16. The Hall–Kier alpha value is -2.44. The maximum Gasteiger partial charge on any atom is 0.163 e. The zero-order valence-electron chi connectivity index (χ0n) is 12.3. The number of rotatable bonds is 4. The van der Waals surface area contributed by atoms with Crippen molar-refractivity contribution in [3.63, 3.8) is 0 Å². The first-order chi connectivity index (χ1) is 11.6. The minimum Gasteiger partial charge on any atom is -0.507 e. The number of aromatic nitrogens is 2. The van der Waals surface area contributed by atoms with E-state index in [1.165, 1.54) is 6.21 Å².